The summed E-state index contributed by atoms with van der Waals surface area (Å²) < 4.78 is 0. The molecule has 4 nitrogen and oxygen atoms in total. The molecule has 2 aromatic carbocycles. The van der Waals surface area contributed by atoms with Crippen LogP contribution < -0.4 is 5.73 Å². The standard InChI is InChI=1S/C16H14N2O2/c17-14(11-6-2-1-3-7-11)10-18-15(19)12-8-4-5-9-13(12)16(18)20/h1-9,14H,10,17H2. The van der Waals surface area contributed by atoms with Crippen molar-refractivity contribution in [3.63, 3.8) is 0 Å². The van der Waals surface area contributed by atoms with Gasteiger partial charge >= 0.3 is 0 Å². The van der Waals surface area contributed by atoms with E-state index in [1.54, 1.807) is 24.3 Å². The average molecular weight is 266 g/mol. The SMILES string of the molecule is NC(CN1C(=O)c2ccccc2C1=O)c1ccccc1. The number of amides is 2. The highest BCUT2D eigenvalue weighted by molar-refractivity contribution is 6.21. The Morgan fingerprint density at radius 3 is 1.90 bits per heavy atom. The van der Waals surface area contributed by atoms with Gasteiger partial charge < -0.3 is 5.73 Å². The first-order chi connectivity index (χ1) is 9.68. The van der Waals surface area contributed by atoms with Gasteiger partial charge in [0.15, 0.2) is 0 Å². The van der Waals surface area contributed by atoms with E-state index in [4.69, 9.17) is 5.73 Å². The summed E-state index contributed by atoms with van der Waals surface area (Å²) in [5, 5.41) is 0. The molecule has 0 radical (unpaired) electrons. The molecular formula is C16H14N2O2. The Morgan fingerprint density at radius 2 is 1.35 bits per heavy atom. The number of carbonyl (C=O) groups is 2. The lowest BCUT2D eigenvalue weighted by Gasteiger charge is -2.19. The summed E-state index contributed by atoms with van der Waals surface area (Å²) in [6.07, 6.45) is 0. The smallest absolute Gasteiger partial charge is 0.261 e. The first kappa shape index (κ1) is 12.6. The van der Waals surface area contributed by atoms with Gasteiger partial charge in [-0.25, -0.2) is 0 Å². The third-order valence-corrected chi connectivity index (χ3v) is 3.49. The summed E-state index contributed by atoms with van der Waals surface area (Å²) in [5.74, 6) is -0.533. The van der Waals surface area contributed by atoms with Gasteiger partial charge in [0.05, 0.1) is 11.1 Å². The molecule has 1 aliphatic rings. The molecular weight excluding hydrogens is 252 g/mol. The van der Waals surface area contributed by atoms with Crippen molar-refractivity contribution in [2.75, 3.05) is 6.54 Å². The van der Waals surface area contributed by atoms with Crippen molar-refractivity contribution < 1.29 is 9.59 Å². The Bertz CT molecular complexity index is 632. The van der Waals surface area contributed by atoms with Crippen LogP contribution in [0.1, 0.15) is 32.3 Å². The number of hydrogen-bond acceptors (Lipinski definition) is 3. The molecule has 1 heterocycles. The van der Waals surface area contributed by atoms with Crippen LogP contribution in [0, 0.1) is 0 Å². The van der Waals surface area contributed by atoms with E-state index in [1.807, 2.05) is 30.3 Å². The summed E-state index contributed by atoms with van der Waals surface area (Å²) in [6, 6.07) is 15.9. The first-order valence-corrected chi connectivity index (χ1v) is 6.44. The van der Waals surface area contributed by atoms with E-state index in [2.05, 4.69) is 0 Å². The topological polar surface area (TPSA) is 63.4 Å². The molecule has 1 unspecified atom stereocenters. The molecule has 0 aliphatic carbocycles. The molecule has 1 atom stereocenters. The second-order valence-electron chi connectivity index (χ2n) is 4.78. The second kappa shape index (κ2) is 4.90. The third kappa shape index (κ3) is 2.00. The molecule has 2 N–H and O–H groups in total. The molecule has 0 saturated heterocycles. The van der Waals surface area contributed by atoms with Gasteiger partial charge in [-0.05, 0) is 17.7 Å². The van der Waals surface area contributed by atoms with E-state index in [-0.39, 0.29) is 24.4 Å². The predicted octanol–water partition coefficient (Wildman–Crippen LogP) is 1.98. The molecule has 0 bridgehead atoms. The van der Waals surface area contributed by atoms with Crippen molar-refractivity contribution in [1.29, 1.82) is 0 Å². The monoisotopic (exact) mass is 266 g/mol. The first-order valence-electron chi connectivity index (χ1n) is 6.44. The minimum Gasteiger partial charge on any atom is -0.322 e. The fraction of sp³-hybridized carbons (Fsp3) is 0.125. The van der Waals surface area contributed by atoms with Gasteiger partial charge in [-0.15, -0.1) is 0 Å². The fourth-order valence-corrected chi connectivity index (χ4v) is 2.41. The van der Waals surface area contributed by atoms with Crippen molar-refractivity contribution in [1.82, 2.24) is 4.90 Å². The van der Waals surface area contributed by atoms with E-state index >= 15 is 0 Å². The van der Waals surface area contributed by atoms with Crippen LogP contribution in [0.4, 0.5) is 0 Å². The highest BCUT2D eigenvalue weighted by Crippen LogP contribution is 2.24. The van der Waals surface area contributed by atoms with E-state index in [9.17, 15) is 9.59 Å². The van der Waals surface area contributed by atoms with E-state index in [1.165, 1.54) is 4.90 Å². The number of benzene rings is 2. The van der Waals surface area contributed by atoms with Crippen LogP contribution in [0.15, 0.2) is 54.6 Å². The number of carbonyl (C=O) groups excluding carboxylic acids is 2. The summed E-state index contributed by atoms with van der Waals surface area (Å²) in [4.78, 5) is 25.7. The highest BCUT2D eigenvalue weighted by atomic mass is 16.2. The minimum atomic E-state index is -0.376. The number of nitrogens with zero attached hydrogens (tertiary/aromatic N) is 1. The van der Waals surface area contributed by atoms with Crippen molar-refractivity contribution in [2.24, 2.45) is 5.73 Å². The van der Waals surface area contributed by atoms with Crippen LogP contribution in [0.5, 0.6) is 0 Å². The molecule has 0 fully saturated rings. The Hall–Kier alpha value is -2.46. The van der Waals surface area contributed by atoms with Gasteiger partial charge in [0.2, 0.25) is 0 Å². The van der Waals surface area contributed by atoms with Gasteiger partial charge in [0.25, 0.3) is 11.8 Å². The Balaban J connectivity index is 1.84. The second-order valence-corrected chi connectivity index (χ2v) is 4.78. The number of fused-ring (bicyclic) bond motifs is 1. The molecule has 0 saturated carbocycles. The lowest BCUT2D eigenvalue weighted by atomic mass is 10.1. The molecule has 1 aliphatic heterocycles. The molecule has 4 heteroatoms. The summed E-state index contributed by atoms with van der Waals surface area (Å²) in [6.45, 7) is 0.191. The zero-order valence-electron chi connectivity index (χ0n) is 10.8. The average Bonchev–Trinajstić information content (AvgIpc) is 2.74. The quantitative estimate of drug-likeness (QED) is 0.864. The molecule has 20 heavy (non-hydrogen) atoms. The number of rotatable bonds is 3. The lowest BCUT2D eigenvalue weighted by Crippen LogP contribution is -2.36. The number of nitrogens with two attached hydrogens (primary N) is 1. The highest BCUT2D eigenvalue weighted by Gasteiger charge is 2.35. The maximum atomic E-state index is 12.2. The van der Waals surface area contributed by atoms with E-state index < -0.39 is 0 Å². The predicted molar refractivity (Wildman–Crippen MR) is 75.2 cm³/mol. The van der Waals surface area contributed by atoms with Gasteiger partial charge in [-0.2, -0.15) is 0 Å². The molecule has 0 aromatic heterocycles. The van der Waals surface area contributed by atoms with Gasteiger partial charge in [0.1, 0.15) is 0 Å². The largest absolute Gasteiger partial charge is 0.322 e. The molecule has 3 rings (SSSR count). The van der Waals surface area contributed by atoms with Crippen molar-refractivity contribution in [3.8, 4) is 0 Å². The van der Waals surface area contributed by atoms with Crippen LogP contribution >= 0.6 is 0 Å². The zero-order chi connectivity index (χ0) is 14.1. The molecule has 0 spiro atoms. The van der Waals surface area contributed by atoms with Crippen molar-refractivity contribution in [2.45, 2.75) is 6.04 Å². The number of imide groups is 1. The van der Waals surface area contributed by atoms with Gasteiger partial charge in [-0.3, -0.25) is 14.5 Å². The Morgan fingerprint density at radius 1 is 0.850 bits per heavy atom. The van der Waals surface area contributed by atoms with Crippen LogP contribution in [-0.4, -0.2) is 23.3 Å². The molecule has 2 aromatic rings. The van der Waals surface area contributed by atoms with Gasteiger partial charge in [-0.1, -0.05) is 42.5 Å². The van der Waals surface area contributed by atoms with Crippen LogP contribution in [0.2, 0.25) is 0 Å². The van der Waals surface area contributed by atoms with Crippen molar-refractivity contribution in [3.05, 3.63) is 71.3 Å². The Labute approximate surface area is 116 Å². The summed E-state index contributed by atoms with van der Waals surface area (Å²) in [7, 11) is 0. The number of hydrogen-bond donors (Lipinski definition) is 1. The minimum absolute atomic E-state index is 0.191. The summed E-state index contributed by atoms with van der Waals surface area (Å²) in [5.41, 5.74) is 7.91. The van der Waals surface area contributed by atoms with E-state index in [0.29, 0.717) is 11.1 Å². The normalized spacial score (nSPS) is 15.3. The summed E-state index contributed by atoms with van der Waals surface area (Å²) >= 11 is 0. The maximum absolute atomic E-state index is 12.2. The fourth-order valence-electron chi connectivity index (χ4n) is 2.41. The van der Waals surface area contributed by atoms with Crippen molar-refractivity contribution >= 4 is 11.8 Å². The van der Waals surface area contributed by atoms with Crippen LogP contribution in [-0.2, 0) is 0 Å². The molecule has 100 valence electrons. The van der Waals surface area contributed by atoms with Crippen LogP contribution in [0.3, 0.4) is 0 Å². The molecule has 2 amide bonds. The lowest BCUT2D eigenvalue weighted by molar-refractivity contribution is 0.0645. The Kier molecular flexibility index (Phi) is 3.08. The third-order valence-electron chi connectivity index (χ3n) is 3.49. The maximum Gasteiger partial charge on any atom is 0.261 e. The van der Waals surface area contributed by atoms with Gasteiger partial charge in [0, 0.05) is 12.6 Å². The van der Waals surface area contributed by atoms with Crippen LogP contribution in [0.25, 0.3) is 0 Å². The zero-order valence-corrected chi connectivity index (χ0v) is 10.8. The van der Waals surface area contributed by atoms with E-state index in [0.717, 1.165) is 5.56 Å².